The molecule has 2 aliphatic heterocycles. The first kappa shape index (κ1) is 20.6. The Labute approximate surface area is 186 Å². The predicted molar refractivity (Wildman–Crippen MR) is 118 cm³/mol. The smallest absolute Gasteiger partial charge is 0.224 e. The van der Waals surface area contributed by atoms with Crippen molar-refractivity contribution in [2.75, 3.05) is 18.7 Å². The molecule has 0 saturated heterocycles. The SMILES string of the molecule is CO/N=C1\CCN(C2c3ccccc3SCc3c2ccc(F)c3F)n2ccc(=O)c(O)c21. The molecule has 0 amide bonds. The second-order valence-electron chi connectivity index (χ2n) is 7.51. The van der Waals surface area contributed by atoms with Gasteiger partial charge in [0.15, 0.2) is 17.4 Å². The van der Waals surface area contributed by atoms with E-state index in [9.17, 15) is 18.7 Å². The van der Waals surface area contributed by atoms with Gasteiger partial charge in [-0.15, -0.1) is 11.8 Å². The molecule has 1 atom stereocenters. The summed E-state index contributed by atoms with van der Waals surface area (Å²) < 4.78 is 30.6. The van der Waals surface area contributed by atoms with E-state index >= 15 is 0 Å². The van der Waals surface area contributed by atoms with Crippen LogP contribution in [0, 0.1) is 11.6 Å². The lowest BCUT2D eigenvalue weighted by Gasteiger charge is -2.40. The van der Waals surface area contributed by atoms with Gasteiger partial charge in [0.25, 0.3) is 0 Å². The van der Waals surface area contributed by atoms with Gasteiger partial charge in [-0.1, -0.05) is 29.4 Å². The molecular formula is C23H19F2N3O3S. The quantitative estimate of drug-likeness (QED) is 0.594. The maximum absolute atomic E-state index is 14.9. The zero-order chi connectivity index (χ0) is 22.4. The van der Waals surface area contributed by atoms with Crippen LogP contribution in [0.25, 0.3) is 0 Å². The molecule has 5 rings (SSSR count). The maximum atomic E-state index is 14.9. The topological polar surface area (TPSA) is 67.1 Å². The molecule has 1 aromatic heterocycles. The van der Waals surface area contributed by atoms with Crippen LogP contribution in [0.15, 0.2) is 63.5 Å². The lowest BCUT2D eigenvalue weighted by atomic mass is 9.93. The first-order chi connectivity index (χ1) is 15.5. The van der Waals surface area contributed by atoms with E-state index in [2.05, 4.69) is 5.16 Å². The highest BCUT2D eigenvalue weighted by Crippen LogP contribution is 2.43. The standard InChI is InChI=1S/C23H19F2N3O3S/c1-31-26-17-8-10-27(28-11-9-18(29)23(30)22(17)28)21-13-6-7-16(24)20(25)15(13)12-32-19-5-3-2-4-14(19)21/h2-7,9,11,21,30H,8,10,12H2,1H3/b26-17+. The van der Waals surface area contributed by atoms with Crippen molar-refractivity contribution in [2.45, 2.75) is 23.1 Å². The number of benzene rings is 2. The highest BCUT2D eigenvalue weighted by atomic mass is 32.2. The number of thioether (sulfide) groups is 1. The average molecular weight is 455 g/mol. The second kappa shape index (κ2) is 7.98. The molecular weight excluding hydrogens is 436 g/mol. The van der Waals surface area contributed by atoms with Crippen molar-refractivity contribution in [3.05, 3.63) is 92.9 Å². The minimum atomic E-state index is -0.885. The van der Waals surface area contributed by atoms with Crippen molar-refractivity contribution in [3.63, 3.8) is 0 Å². The first-order valence-corrected chi connectivity index (χ1v) is 11.0. The number of oxime groups is 1. The number of aromatic nitrogens is 1. The predicted octanol–water partition coefficient (Wildman–Crippen LogP) is 3.92. The third kappa shape index (κ3) is 3.15. The van der Waals surface area contributed by atoms with E-state index in [-0.39, 0.29) is 5.69 Å². The number of hydrogen-bond acceptors (Lipinski definition) is 6. The van der Waals surface area contributed by atoms with Crippen LogP contribution in [-0.2, 0) is 10.6 Å². The molecule has 6 nitrogen and oxygen atoms in total. The summed E-state index contributed by atoms with van der Waals surface area (Å²) in [7, 11) is 1.40. The van der Waals surface area contributed by atoms with Gasteiger partial charge in [-0.2, -0.15) is 0 Å². The van der Waals surface area contributed by atoms with Crippen molar-refractivity contribution in [2.24, 2.45) is 5.16 Å². The summed E-state index contributed by atoms with van der Waals surface area (Å²) in [6.07, 6.45) is 1.94. The average Bonchev–Trinajstić information content (AvgIpc) is 2.96. The second-order valence-corrected chi connectivity index (χ2v) is 8.53. The molecule has 0 aliphatic carbocycles. The van der Waals surface area contributed by atoms with Gasteiger partial charge in [-0.05, 0) is 23.3 Å². The minimum absolute atomic E-state index is 0.226. The molecule has 0 saturated carbocycles. The fraction of sp³-hybridized carbons (Fsp3) is 0.217. The monoisotopic (exact) mass is 455 g/mol. The zero-order valence-corrected chi connectivity index (χ0v) is 17.9. The largest absolute Gasteiger partial charge is 0.503 e. The van der Waals surface area contributed by atoms with E-state index < -0.39 is 28.9 Å². The molecule has 1 N–H and O–H groups in total. The Morgan fingerprint density at radius 3 is 2.78 bits per heavy atom. The maximum Gasteiger partial charge on any atom is 0.224 e. The molecule has 32 heavy (non-hydrogen) atoms. The Kier molecular flexibility index (Phi) is 5.13. The molecule has 2 aromatic carbocycles. The minimum Gasteiger partial charge on any atom is -0.503 e. The number of rotatable bonds is 2. The number of nitrogens with zero attached hydrogens (tertiary/aromatic N) is 3. The van der Waals surface area contributed by atoms with Crippen LogP contribution in [0.1, 0.15) is 34.8 Å². The Morgan fingerprint density at radius 2 is 1.97 bits per heavy atom. The van der Waals surface area contributed by atoms with Crippen LogP contribution >= 0.6 is 11.8 Å². The Bertz CT molecular complexity index is 1310. The van der Waals surface area contributed by atoms with E-state index in [1.54, 1.807) is 16.9 Å². The van der Waals surface area contributed by atoms with Crippen LogP contribution in [0.4, 0.5) is 8.78 Å². The summed E-state index contributed by atoms with van der Waals surface area (Å²) >= 11 is 1.45. The molecule has 3 aromatic rings. The third-order valence-electron chi connectivity index (χ3n) is 5.79. The van der Waals surface area contributed by atoms with E-state index in [1.807, 2.05) is 29.3 Å². The lowest BCUT2D eigenvalue weighted by Crippen LogP contribution is -2.47. The van der Waals surface area contributed by atoms with E-state index in [1.165, 1.54) is 24.9 Å². The molecule has 2 aliphatic rings. The molecule has 164 valence electrons. The Morgan fingerprint density at radius 1 is 1.16 bits per heavy atom. The molecule has 0 spiro atoms. The van der Waals surface area contributed by atoms with Crippen molar-refractivity contribution in [1.29, 1.82) is 0 Å². The molecule has 1 unspecified atom stereocenters. The van der Waals surface area contributed by atoms with Crippen molar-refractivity contribution < 1.29 is 18.7 Å². The summed E-state index contributed by atoms with van der Waals surface area (Å²) in [5.74, 6) is -1.88. The van der Waals surface area contributed by atoms with Crippen LogP contribution < -0.4 is 10.4 Å². The summed E-state index contributed by atoms with van der Waals surface area (Å²) in [6.45, 7) is 0.444. The number of hydrogen-bond donors (Lipinski definition) is 1. The lowest BCUT2D eigenvalue weighted by molar-refractivity contribution is 0.212. The Balaban J connectivity index is 1.78. The van der Waals surface area contributed by atoms with E-state index in [0.717, 1.165) is 16.5 Å². The van der Waals surface area contributed by atoms with Crippen molar-refractivity contribution >= 4 is 17.5 Å². The molecule has 0 bridgehead atoms. The first-order valence-electron chi connectivity index (χ1n) is 10.0. The van der Waals surface area contributed by atoms with Gasteiger partial charge in [0.2, 0.25) is 5.43 Å². The van der Waals surface area contributed by atoms with Gasteiger partial charge in [-0.3, -0.25) is 9.47 Å². The summed E-state index contributed by atoms with van der Waals surface area (Å²) in [6, 6.07) is 11.3. The zero-order valence-electron chi connectivity index (χ0n) is 17.1. The molecule has 0 fully saturated rings. The van der Waals surface area contributed by atoms with Gasteiger partial charge in [-0.25, -0.2) is 8.78 Å². The van der Waals surface area contributed by atoms with Gasteiger partial charge in [0, 0.05) is 41.4 Å². The van der Waals surface area contributed by atoms with Gasteiger partial charge < -0.3 is 15.0 Å². The third-order valence-corrected chi connectivity index (χ3v) is 6.91. The highest BCUT2D eigenvalue weighted by molar-refractivity contribution is 7.98. The summed E-state index contributed by atoms with van der Waals surface area (Å²) in [5.41, 5.74) is 1.99. The fourth-order valence-corrected chi connectivity index (χ4v) is 5.50. The summed E-state index contributed by atoms with van der Waals surface area (Å²) in [4.78, 5) is 18.1. The van der Waals surface area contributed by atoms with Gasteiger partial charge in [0.05, 0.1) is 6.04 Å². The van der Waals surface area contributed by atoms with E-state index in [4.69, 9.17) is 4.84 Å². The number of aromatic hydroxyl groups is 1. The molecule has 9 heteroatoms. The van der Waals surface area contributed by atoms with E-state index in [0.29, 0.717) is 35.6 Å². The van der Waals surface area contributed by atoms with Gasteiger partial charge >= 0.3 is 0 Å². The van der Waals surface area contributed by atoms with Crippen LogP contribution in [-0.4, -0.2) is 29.1 Å². The fourth-order valence-electron chi connectivity index (χ4n) is 4.39. The molecule has 0 radical (unpaired) electrons. The molecule has 3 heterocycles. The van der Waals surface area contributed by atoms with Crippen LogP contribution in [0.3, 0.4) is 0 Å². The van der Waals surface area contributed by atoms with Crippen LogP contribution in [0.5, 0.6) is 5.75 Å². The highest BCUT2D eigenvalue weighted by Gasteiger charge is 2.36. The van der Waals surface area contributed by atoms with Crippen molar-refractivity contribution in [1.82, 2.24) is 4.68 Å². The number of halogens is 2. The normalized spacial score (nSPS) is 18.5. The Hall–Kier alpha value is -3.33. The number of pyridine rings is 1. The number of fused-ring (bicyclic) bond motifs is 3. The summed E-state index contributed by atoms with van der Waals surface area (Å²) in [5, 5.41) is 16.5. The van der Waals surface area contributed by atoms with Gasteiger partial charge in [0.1, 0.15) is 18.5 Å². The van der Waals surface area contributed by atoms with Crippen molar-refractivity contribution in [3.8, 4) is 5.75 Å². The van der Waals surface area contributed by atoms with Crippen LogP contribution in [0.2, 0.25) is 0 Å².